The maximum Gasteiger partial charge on any atom is 0.131 e. The smallest absolute Gasteiger partial charge is 0.131 e. The highest BCUT2D eigenvalue weighted by atomic mass is 15.0. The Bertz CT molecular complexity index is 712. The molecule has 0 aromatic carbocycles. The van der Waals surface area contributed by atoms with Gasteiger partial charge in [0.1, 0.15) is 5.84 Å². The van der Waals surface area contributed by atoms with Crippen LogP contribution in [0.4, 0.5) is 0 Å². The van der Waals surface area contributed by atoms with Gasteiger partial charge in [0.25, 0.3) is 0 Å². The molecule has 3 rings (SSSR count). The second-order valence-corrected chi connectivity index (χ2v) is 7.58. The Hall–Kier alpha value is -1.96. The second kappa shape index (κ2) is 9.12. The summed E-state index contributed by atoms with van der Waals surface area (Å²) in [7, 11) is 0. The number of hydrogen-bond donors (Lipinski definition) is 0. The zero-order chi connectivity index (χ0) is 18.4. The summed E-state index contributed by atoms with van der Waals surface area (Å²) in [4.78, 5) is 10.2. The fourth-order valence-electron chi connectivity index (χ4n) is 3.91. The van der Waals surface area contributed by atoms with Crippen molar-refractivity contribution in [1.82, 2.24) is 0 Å². The molecule has 0 radical (unpaired) electrons. The Morgan fingerprint density at radius 3 is 2.77 bits per heavy atom. The van der Waals surface area contributed by atoms with Crippen LogP contribution in [-0.4, -0.2) is 17.6 Å². The lowest BCUT2D eigenvalue weighted by atomic mass is 9.85. The molecule has 0 N–H and O–H groups in total. The van der Waals surface area contributed by atoms with Crippen molar-refractivity contribution in [3.05, 3.63) is 59.8 Å². The van der Waals surface area contributed by atoms with Crippen molar-refractivity contribution in [2.75, 3.05) is 0 Å². The van der Waals surface area contributed by atoms with Crippen molar-refractivity contribution in [1.29, 1.82) is 0 Å². The van der Waals surface area contributed by atoms with Crippen LogP contribution in [0.25, 0.3) is 0 Å². The molecule has 0 aromatic heterocycles. The van der Waals surface area contributed by atoms with Crippen LogP contribution < -0.4 is 0 Å². The first-order chi connectivity index (χ1) is 12.7. The molecule has 0 saturated heterocycles. The third-order valence-electron chi connectivity index (χ3n) is 5.64. The number of hydrogen-bond acceptors (Lipinski definition) is 2. The molecule has 0 fully saturated rings. The molecule has 0 saturated carbocycles. The average molecular weight is 349 g/mol. The molecule has 138 valence electrons. The average Bonchev–Trinajstić information content (AvgIpc) is 2.69. The van der Waals surface area contributed by atoms with Crippen LogP contribution in [0.1, 0.15) is 59.3 Å². The van der Waals surface area contributed by atoms with E-state index in [2.05, 4.69) is 69.4 Å². The van der Waals surface area contributed by atoms with E-state index in [0.717, 1.165) is 44.4 Å². The lowest BCUT2D eigenvalue weighted by Gasteiger charge is -2.29. The molecule has 1 heterocycles. The minimum absolute atomic E-state index is 0.323. The number of nitrogens with zero attached hydrogens (tertiary/aromatic N) is 2. The Labute approximate surface area is 158 Å². The molecule has 0 amide bonds. The van der Waals surface area contributed by atoms with E-state index in [9.17, 15) is 0 Å². The Morgan fingerprint density at radius 1 is 1.23 bits per heavy atom. The highest BCUT2D eigenvalue weighted by Gasteiger charge is 2.28. The van der Waals surface area contributed by atoms with Crippen molar-refractivity contribution in [2.24, 2.45) is 21.8 Å². The normalized spacial score (nSPS) is 27.0. The van der Waals surface area contributed by atoms with E-state index in [1.54, 1.807) is 0 Å². The number of aliphatic imine (C=N–C) groups is 2. The molecule has 0 spiro atoms. The lowest BCUT2D eigenvalue weighted by Crippen LogP contribution is -2.30. The van der Waals surface area contributed by atoms with E-state index in [1.807, 2.05) is 0 Å². The quantitative estimate of drug-likeness (QED) is 0.497. The van der Waals surface area contributed by atoms with Crippen molar-refractivity contribution < 1.29 is 0 Å². The van der Waals surface area contributed by atoms with E-state index < -0.39 is 0 Å². The minimum atomic E-state index is 0.323. The summed E-state index contributed by atoms with van der Waals surface area (Å²) in [5.74, 6) is 1.95. The largest absolute Gasteiger partial charge is 0.266 e. The van der Waals surface area contributed by atoms with Gasteiger partial charge in [-0.25, -0.2) is 4.99 Å². The molecule has 2 heteroatoms. The standard InChI is InChI=1S/C24H32N2/c1-4-6-10-19(5-2)22-17-23(20-11-8-7-9-12-20)26-24(25-22)21-15-13-18(3)14-16-21/h4,6,8,11-15,19,21-22H,5,7,9-10,16-17H2,1-3H3/b6-4-/t19?,21?,22-/m0/s1. The Balaban J connectivity index is 1.89. The first kappa shape index (κ1) is 18.8. The van der Waals surface area contributed by atoms with Gasteiger partial charge in [0.05, 0.1) is 11.8 Å². The molecule has 2 unspecified atom stereocenters. The molecule has 26 heavy (non-hydrogen) atoms. The molecular weight excluding hydrogens is 316 g/mol. The maximum absolute atomic E-state index is 5.16. The molecule has 2 aliphatic carbocycles. The van der Waals surface area contributed by atoms with Gasteiger partial charge in [-0.05, 0) is 51.0 Å². The van der Waals surface area contributed by atoms with Crippen LogP contribution in [0.5, 0.6) is 0 Å². The highest BCUT2D eigenvalue weighted by molar-refractivity contribution is 6.11. The SMILES string of the molecule is C/C=C\CC(CC)[C@@H]1CC(C2=CCCC=C2)=NC(C2C=CC(C)=CC2)=N1. The Morgan fingerprint density at radius 2 is 2.12 bits per heavy atom. The summed E-state index contributed by atoms with van der Waals surface area (Å²) in [6.07, 6.45) is 24.7. The lowest BCUT2D eigenvalue weighted by molar-refractivity contribution is 0.417. The molecule has 1 aliphatic heterocycles. The summed E-state index contributed by atoms with van der Waals surface area (Å²) < 4.78 is 0. The first-order valence-electron chi connectivity index (χ1n) is 10.2. The van der Waals surface area contributed by atoms with Crippen LogP contribution in [0, 0.1) is 11.8 Å². The van der Waals surface area contributed by atoms with Gasteiger partial charge in [-0.3, -0.25) is 4.99 Å². The fraction of sp³-hybridized carbons (Fsp3) is 0.500. The van der Waals surface area contributed by atoms with Crippen LogP contribution in [-0.2, 0) is 0 Å². The topological polar surface area (TPSA) is 24.7 Å². The van der Waals surface area contributed by atoms with Gasteiger partial charge in [0, 0.05) is 12.3 Å². The number of rotatable bonds is 6. The number of amidine groups is 1. The molecule has 0 bridgehead atoms. The molecule has 2 nitrogen and oxygen atoms in total. The van der Waals surface area contributed by atoms with Gasteiger partial charge in [0.2, 0.25) is 0 Å². The van der Waals surface area contributed by atoms with Crippen LogP contribution in [0.2, 0.25) is 0 Å². The number of allylic oxidation sites excluding steroid dienone is 9. The summed E-state index contributed by atoms with van der Waals surface area (Å²) in [5, 5.41) is 0. The molecular formula is C24H32N2. The summed E-state index contributed by atoms with van der Waals surface area (Å²) >= 11 is 0. The van der Waals surface area contributed by atoms with Crippen molar-refractivity contribution >= 4 is 11.5 Å². The minimum Gasteiger partial charge on any atom is -0.266 e. The van der Waals surface area contributed by atoms with Gasteiger partial charge in [0.15, 0.2) is 0 Å². The predicted octanol–water partition coefficient (Wildman–Crippen LogP) is 6.39. The summed E-state index contributed by atoms with van der Waals surface area (Å²) in [6, 6.07) is 0.343. The van der Waals surface area contributed by atoms with Crippen molar-refractivity contribution in [2.45, 2.75) is 65.3 Å². The predicted molar refractivity (Wildman–Crippen MR) is 114 cm³/mol. The monoisotopic (exact) mass is 348 g/mol. The van der Waals surface area contributed by atoms with Gasteiger partial charge < -0.3 is 0 Å². The molecule has 3 atom stereocenters. The zero-order valence-corrected chi connectivity index (χ0v) is 16.5. The summed E-state index contributed by atoms with van der Waals surface area (Å²) in [5.41, 5.74) is 3.91. The molecule has 0 aromatic rings. The third kappa shape index (κ3) is 4.60. The van der Waals surface area contributed by atoms with E-state index in [4.69, 9.17) is 9.98 Å². The van der Waals surface area contributed by atoms with Gasteiger partial charge in [-0.15, -0.1) is 0 Å². The van der Waals surface area contributed by atoms with E-state index in [-0.39, 0.29) is 0 Å². The van der Waals surface area contributed by atoms with E-state index >= 15 is 0 Å². The molecule has 3 aliphatic rings. The van der Waals surface area contributed by atoms with Gasteiger partial charge >= 0.3 is 0 Å². The zero-order valence-electron chi connectivity index (χ0n) is 16.5. The Kier molecular flexibility index (Phi) is 6.60. The van der Waals surface area contributed by atoms with Crippen molar-refractivity contribution in [3.63, 3.8) is 0 Å². The van der Waals surface area contributed by atoms with Gasteiger partial charge in [-0.2, -0.15) is 0 Å². The maximum atomic E-state index is 5.16. The van der Waals surface area contributed by atoms with E-state index in [1.165, 1.54) is 16.9 Å². The van der Waals surface area contributed by atoms with Crippen LogP contribution >= 0.6 is 0 Å². The summed E-state index contributed by atoms with van der Waals surface area (Å²) in [6.45, 7) is 6.56. The van der Waals surface area contributed by atoms with Gasteiger partial charge in [-0.1, -0.05) is 67.5 Å². The van der Waals surface area contributed by atoms with Crippen molar-refractivity contribution in [3.8, 4) is 0 Å². The fourth-order valence-corrected chi connectivity index (χ4v) is 3.91. The third-order valence-corrected chi connectivity index (χ3v) is 5.64. The highest BCUT2D eigenvalue weighted by Crippen LogP contribution is 2.30. The van der Waals surface area contributed by atoms with Crippen LogP contribution in [0.15, 0.2) is 69.7 Å². The van der Waals surface area contributed by atoms with E-state index in [0.29, 0.717) is 17.9 Å². The first-order valence-corrected chi connectivity index (χ1v) is 10.2. The van der Waals surface area contributed by atoms with Crippen LogP contribution in [0.3, 0.4) is 0 Å². The second-order valence-electron chi connectivity index (χ2n) is 7.58.